The molecule has 22 heavy (non-hydrogen) atoms. The third-order valence-corrected chi connectivity index (χ3v) is 3.61. The van der Waals surface area contributed by atoms with Gasteiger partial charge in [0.05, 0.1) is 12.1 Å². The Morgan fingerprint density at radius 2 is 2.05 bits per heavy atom. The molecule has 2 heterocycles. The SMILES string of the molecule is CCCN(C)c1nccc2c1nnn2Cc1ccccc1F. The van der Waals surface area contributed by atoms with Crippen LogP contribution >= 0.6 is 0 Å². The van der Waals surface area contributed by atoms with E-state index < -0.39 is 0 Å². The molecule has 0 saturated heterocycles. The molecule has 5 nitrogen and oxygen atoms in total. The highest BCUT2D eigenvalue weighted by Crippen LogP contribution is 2.22. The number of rotatable bonds is 5. The van der Waals surface area contributed by atoms with Crippen LogP contribution in [0.2, 0.25) is 0 Å². The molecule has 2 aromatic heterocycles. The van der Waals surface area contributed by atoms with Gasteiger partial charge in [-0.3, -0.25) is 0 Å². The number of aromatic nitrogens is 4. The van der Waals surface area contributed by atoms with E-state index in [0.29, 0.717) is 12.1 Å². The van der Waals surface area contributed by atoms with Gasteiger partial charge < -0.3 is 4.90 Å². The second kappa shape index (κ2) is 6.09. The summed E-state index contributed by atoms with van der Waals surface area (Å²) in [7, 11) is 1.99. The molecule has 0 atom stereocenters. The predicted octanol–water partition coefficient (Wildman–Crippen LogP) is 2.86. The standard InChI is InChI=1S/C16H18FN5/c1-3-10-21(2)16-15-14(8-9-18-16)22(20-19-15)11-12-6-4-5-7-13(12)17/h4-9H,3,10-11H2,1-2H3. The van der Waals surface area contributed by atoms with E-state index in [1.807, 2.05) is 19.2 Å². The second-order valence-electron chi connectivity index (χ2n) is 5.26. The zero-order valence-electron chi connectivity index (χ0n) is 12.7. The molecule has 0 unspecified atom stereocenters. The monoisotopic (exact) mass is 299 g/mol. The molecule has 0 aliphatic rings. The topological polar surface area (TPSA) is 46.8 Å². The molecule has 0 saturated carbocycles. The Morgan fingerprint density at radius 1 is 1.23 bits per heavy atom. The van der Waals surface area contributed by atoms with Gasteiger partial charge in [0.25, 0.3) is 0 Å². The third-order valence-electron chi connectivity index (χ3n) is 3.61. The van der Waals surface area contributed by atoms with Crippen molar-refractivity contribution in [2.45, 2.75) is 19.9 Å². The minimum atomic E-state index is -0.233. The van der Waals surface area contributed by atoms with Crippen LogP contribution in [0.15, 0.2) is 36.5 Å². The zero-order valence-corrected chi connectivity index (χ0v) is 12.7. The molecule has 0 amide bonds. The molecule has 6 heteroatoms. The van der Waals surface area contributed by atoms with Gasteiger partial charge in [0.1, 0.15) is 5.82 Å². The maximum atomic E-state index is 13.8. The summed E-state index contributed by atoms with van der Waals surface area (Å²) in [5.74, 6) is 0.572. The highest BCUT2D eigenvalue weighted by Gasteiger charge is 2.14. The van der Waals surface area contributed by atoms with Crippen LogP contribution < -0.4 is 4.90 Å². The van der Waals surface area contributed by atoms with Crippen LogP contribution in [0.5, 0.6) is 0 Å². The van der Waals surface area contributed by atoms with E-state index in [-0.39, 0.29) is 5.82 Å². The number of benzene rings is 1. The maximum absolute atomic E-state index is 13.8. The van der Waals surface area contributed by atoms with Crippen molar-refractivity contribution in [1.82, 2.24) is 20.0 Å². The van der Waals surface area contributed by atoms with E-state index in [2.05, 4.69) is 27.1 Å². The fraction of sp³-hybridized carbons (Fsp3) is 0.312. The molecule has 1 aromatic carbocycles. The number of hydrogen-bond donors (Lipinski definition) is 0. The molecule has 3 aromatic rings. The molecule has 0 radical (unpaired) electrons. The van der Waals surface area contributed by atoms with Crippen molar-refractivity contribution in [2.24, 2.45) is 0 Å². The molecule has 3 rings (SSSR count). The van der Waals surface area contributed by atoms with Gasteiger partial charge in [0.15, 0.2) is 11.3 Å². The average Bonchev–Trinajstić information content (AvgIpc) is 2.93. The van der Waals surface area contributed by atoms with Crippen LogP contribution in [0.3, 0.4) is 0 Å². The molecule has 0 fully saturated rings. The van der Waals surface area contributed by atoms with E-state index >= 15 is 0 Å². The van der Waals surface area contributed by atoms with E-state index in [9.17, 15) is 4.39 Å². The Morgan fingerprint density at radius 3 is 2.82 bits per heavy atom. The fourth-order valence-corrected chi connectivity index (χ4v) is 2.51. The first kappa shape index (κ1) is 14.4. The predicted molar refractivity (Wildman–Crippen MR) is 84.4 cm³/mol. The Balaban J connectivity index is 1.99. The minimum Gasteiger partial charge on any atom is -0.358 e. The van der Waals surface area contributed by atoms with Crippen molar-refractivity contribution in [2.75, 3.05) is 18.5 Å². The van der Waals surface area contributed by atoms with E-state index in [1.54, 1.807) is 23.0 Å². The molecule has 0 aliphatic heterocycles. The number of pyridine rings is 1. The summed E-state index contributed by atoms with van der Waals surface area (Å²) < 4.78 is 15.5. The van der Waals surface area contributed by atoms with Gasteiger partial charge in [-0.1, -0.05) is 30.3 Å². The number of hydrogen-bond acceptors (Lipinski definition) is 4. The third kappa shape index (κ3) is 2.64. The lowest BCUT2D eigenvalue weighted by Gasteiger charge is -2.16. The lowest BCUT2D eigenvalue weighted by Crippen LogP contribution is -2.19. The molecular formula is C16H18FN5. The van der Waals surface area contributed by atoms with Crippen LogP contribution in [0.25, 0.3) is 11.0 Å². The lowest BCUT2D eigenvalue weighted by atomic mass is 10.2. The van der Waals surface area contributed by atoms with E-state index in [0.717, 1.165) is 29.8 Å². The zero-order chi connectivity index (χ0) is 15.5. The summed E-state index contributed by atoms with van der Waals surface area (Å²) in [5.41, 5.74) is 2.19. The first-order valence-corrected chi connectivity index (χ1v) is 7.33. The highest BCUT2D eigenvalue weighted by atomic mass is 19.1. The average molecular weight is 299 g/mol. The van der Waals surface area contributed by atoms with Crippen LogP contribution in [-0.2, 0) is 6.54 Å². The summed E-state index contributed by atoms with van der Waals surface area (Å²) in [5, 5.41) is 8.40. The minimum absolute atomic E-state index is 0.233. The van der Waals surface area contributed by atoms with Crippen molar-refractivity contribution in [3.63, 3.8) is 0 Å². The molecule has 0 bridgehead atoms. The lowest BCUT2D eigenvalue weighted by molar-refractivity contribution is 0.583. The van der Waals surface area contributed by atoms with Crippen molar-refractivity contribution in [3.8, 4) is 0 Å². The van der Waals surface area contributed by atoms with Crippen LogP contribution in [0.1, 0.15) is 18.9 Å². The van der Waals surface area contributed by atoms with Gasteiger partial charge in [0.2, 0.25) is 0 Å². The normalized spacial score (nSPS) is 11.0. The number of anilines is 1. The summed E-state index contributed by atoms with van der Waals surface area (Å²) in [6, 6.07) is 8.57. The second-order valence-corrected chi connectivity index (χ2v) is 5.26. The van der Waals surface area contributed by atoms with Crippen LogP contribution in [-0.4, -0.2) is 33.6 Å². The smallest absolute Gasteiger partial charge is 0.158 e. The van der Waals surface area contributed by atoms with Gasteiger partial charge >= 0.3 is 0 Å². The van der Waals surface area contributed by atoms with E-state index in [1.165, 1.54) is 6.07 Å². The van der Waals surface area contributed by atoms with Gasteiger partial charge in [-0.15, -0.1) is 5.10 Å². The van der Waals surface area contributed by atoms with Crippen molar-refractivity contribution in [1.29, 1.82) is 0 Å². The summed E-state index contributed by atoms with van der Waals surface area (Å²) in [4.78, 5) is 6.46. The van der Waals surface area contributed by atoms with Gasteiger partial charge in [-0.25, -0.2) is 14.1 Å². The van der Waals surface area contributed by atoms with Crippen molar-refractivity contribution in [3.05, 3.63) is 47.9 Å². The first-order valence-electron chi connectivity index (χ1n) is 7.33. The first-order chi connectivity index (χ1) is 10.7. The Bertz CT molecular complexity index is 783. The van der Waals surface area contributed by atoms with Crippen molar-refractivity contribution < 1.29 is 4.39 Å². The summed E-state index contributed by atoms with van der Waals surface area (Å²) in [6.07, 6.45) is 2.77. The van der Waals surface area contributed by atoms with Gasteiger partial charge in [-0.05, 0) is 18.6 Å². The highest BCUT2D eigenvalue weighted by molar-refractivity contribution is 5.85. The fourth-order valence-electron chi connectivity index (χ4n) is 2.51. The largest absolute Gasteiger partial charge is 0.358 e. The van der Waals surface area contributed by atoms with Gasteiger partial charge in [-0.2, -0.15) is 0 Å². The molecule has 0 aliphatic carbocycles. The van der Waals surface area contributed by atoms with Crippen LogP contribution in [0.4, 0.5) is 10.2 Å². The maximum Gasteiger partial charge on any atom is 0.158 e. The molecule has 0 spiro atoms. The molecule has 114 valence electrons. The number of fused-ring (bicyclic) bond motifs is 1. The molecule has 0 N–H and O–H groups in total. The Labute approximate surface area is 128 Å². The van der Waals surface area contributed by atoms with Crippen LogP contribution in [0, 0.1) is 5.82 Å². The van der Waals surface area contributed by atoms with E-state index in [4.69, 9.17) is 0 Å². The molecular weight excluding hydrogens is 281 g/mol. The van der Waals surface area contributed by atoms with Crippen molar-refractivity contribution >= 4 is 16.9 Å². The number of nitrogens with zero attached hydrogens (tertiary/aromatic N) is 5. The summed E-state index contributed by atoms with van der Waals surface area (Å²) >= 11 is 0. The quantitative estimate of drug-likeness (QED) is 0.727. The van der Waals surface area contributed by atoms with Gasteiger partial charge in [0, 0.05) is 25.4 Å². The Kier molecular flexibility index (Phi) is 4.00. The number of halogens is 1. The summed E-state index contributed by atoms with van der Waals surface area (Å²) in [6.45, 7) is 3.36. The Hall–Kier alpha value is -2.50.